The fourth-order valence-electron chi connectivity index (χ4n) is 3.82. The SMILES string of the molecule is C=O.Cc1ccc(S(=O)(=O)Nc2ccc(Cc3ccc(NS(=O)(=O)c4ccc(C)cc4)c(C(=O)O)c3)cc2O)cc1. The first kappa shape index (κ1) is 30.9. The van der Waals surface area contributed by atoms with E-state index in [9.17, 15) is 31.8 Å². The summed E-state index contributed by atoms with van der Waals surface area (Å²) in [7, 11) is -7.92. The van der Waals surface area contributed by atoms with Crippen molar-refractivity contribution in [1.29, 1.82) is 0 Å². The molecule has 214 valence electrons. The molecule has 0 spiro atoms. The third-order valence-electron chi connectivity index (χ3n) is 5.94. The van der Waals surface area contributed by atoms with Crippen LogP contribution in [-0.2, 0) is 31.3 Å². The summed E-state index contributed by atoms with van der Waals surface area (Å²) in [6.07, 6.45) is 0.198. The maximum absolute atomic E-state index is 12.8. The normalized spacial score (nSPS) is 11.2. The van der Waals surface area contributed by atoms with Crippen LogP contribution in [0.5, 0.6) is 5.75 Å². The fourth-order valence-corrected chi connectivity index (χ4v) is 5.97. The molecular weight excluding hydrogens is 568 g/mol. The molecule has 0 bridgehead atoms. The van der Waals surface area contributed by atoms with Crippen molar-refractivity contribution in [3.8, 4) is 5.75 Å². The number of hydrogen-bond donors (Lipinski definition) is 4. The number of aromatic hydroxyl groups is 1. The molecule has 4 N–H and O–H groups in total. The molecule has 12 heteroatoms. The van der Waals surface area contributed by atoms with Gasteiger partial charge in [-0.3, -0.25) is 9.44 Å². The van der Waals surface area contributed by atoms with E-state index in [0.717, 1.165) is 11.1 Å². The Morgan fingerprint density at radius 3 is 1.54 bits per heavy atom. The Morgan fingerprint density at radius 1 is 0.683 bits per heavy atom. The number of carboxylic acid groups (broad SMARTS) is 1. The molecule has 10 nitrogen and oxygen atoms in total. The molecule has 0 saturated heterocycles. The van der Waals surface area contributed by atoms with Crippen molar-refractivity contribution in [1.82, 2.24) is 0 Å². The van der Waals surface area contributed by atoms with Crippen molar-refractivity contribution in [3.63, 3.8) is 0 Å². The molecule has 41 heavy (non-hydrogen) atoms. The molecular formula is C29H28N2O8S2. The molecule has 0 radical (unpaired) electrons. The number of carbonyl (C=O) groups excluding carboxylic acids is 1. The number of carboxylic acids is 1. The number of sulfonamides is 2. The lowest BCUT2D eigenvalue weighted by atomic mass is 10.0. The standard InChI is InChI=1S/C28H26N2O7S2.CH2O/c1-18-3-9-22(10-4-18)38(34,35)29-25-13-7-20(16-24(25)28(32)33)15-21-8-14-26(27(31)17-21)30-39(36,37)23-11-5-19(2)6-12-23;1-2/h3-14,16-17,29-31H,15H2,1-2H3,(H,32,33);1H2. The summed E-state index contributed by atoms with van der Waals surface area (Å²) < 4.78 is 55.5. The van der Waals surface area contributed by atoms with E-state index in [0.29, 0.717) is 11.1 Å². The van der Waals surface area contributed by atoms with Crippen LogP contribution in [-0.4, -0.2) is 39.8 Å². The Morgan fingerprint density at radius 2 is 1.10 bits per heavy atom. The predicted molar refractivity (Wildman–Crippen MR) is 155 cm³/mol. The van der Waals surface area contributed by atoms with Crippen LogP contribution in [0.25, 0.3) is 0 Å². The van der Waals surface area contributed by atoms with Gasteiger partial charge < -0.3 is 15.0 Å². The third-order valence-corrected chi connectivity index (χ3v) is 8.70. The van der Waals surface area contributed by atoms with Crippen LogP contribution in [0.3, 0.4) is 0 Å². The van der Waals surface area contributed by atoms with Crippen molar-refractivity contribution in [2.75, 3.05) is 9.44 Å². The van der Waals surface area contributed by atoms with Gasteiger partial charge in [0.1, 0.15) is 12.5 Å². The Kier molecular flexibility index (Phi) is 9.53. The van der Waals surface area contributed by atoms with Crippen LogP contribution in [0.4, 0.5) is 11.4 Å². The topological polar surface area (TPSA) is 167 Å². The summed E-state index contributed by atoms with van der Waals surface area (Å²) in [5.74, 6) is -1.62. The number of aryl methyl sites for hydroxylation is 2. The van der Waals surface area contributed by atoms with E-state index in [1.54, 1.807) is 36.4 Å². The second kappa shape index (κ2) is 12.7. The molecule has 0 aromatic heterocycles. The quantitative estimate of drug-likeness (QED) is 0.202. The van der Waals surface area contributed by atoms with Gasteiger partial charge in [0.05, 0.1) is 26.7 Å². The van der Waals surface area contributed by atoms with E-state index in [1.165, 1.54) is 48.5 Å². The van der Waals surface area contributed by atoms with Gasteiger partial charge in [-0.2, -0.15) is 0 Å². The lowest BCUT2D eigenvalue weighted by Crippen LogP contribution is -2.16. The lowest BCUT2D eigenvalue weighted by molar-refractivity contribution is -0.0980. The number of aromatic carboxylic acids is 1. The first-order valence-electron chi connectivity index (χ1n) is 12.0. The summed E-state index contributed by atoms with van der Waals surface area (Å²) in [6, 6.07) is 21.1. The molecule has 0 aliphatic rings. The Bertz CT molecular complexity index is 1770. The van der Waals surface area contributed by atoms with Gasteiger partial charge in [-0.25, -0.2) is 21.6 Å². The van der Waals surface area contributed by atoms with Crippen molar-refractivity contribution < 1.29 is 36.6 Å². The highest BCUT2D eigenvalue weighted by Gasteiger charge is 2.20. The lowest BCUT2D eigenvalue weighted by Gasteiger charge is -2.13. The summed E-state index contributed by atoms with van der Waals surface area (Å²) in [5.41, 5.74) is 2.57. The van der Waals surface area contributed by atoms with E-state index in [1.807, 2.05) is 20.6 Å². The second-order valence-corrected chi connectivity index (χ2v) is 12.4. The Labute approximate surface area is 238 Å². The van der Waals surface area contributed by atoms with Crippen molar-refractivity contribution >= 4 is 44.2 Å². The highest BCUT2D eigenvalue weighted by molar-refractivity contribution is 7.93. The molecule has 4 aromatic carbocycles. The van der Waals surface area contributed by atoms with E-state index >= 15 is 0 Å². The van der Waals surface area contributed by atoms with E-state index < -0.39 is 26.0 Å². The van der Waals surface area contributed by atoms with Crippen molar-refractivity contribution in [3.05, 3.63) is 113 Å². The minimum Gasteiger partial charge on any atom is -0.506 e. The largest absolute Gasteiger partial charge is 0.506 e. The molecule has 0 amide bonds. The first-order chi connectivity index (χ1) is 19.3. The molecule has 4 aromatic rings. The minimum absolute atomic E-state index is 0.00193. The number of benzene rings is 4. The zero-order valence-corrected chi connectivity index (χ0v) is 23.8. The number of anilines is 2. The Balaban J connectivity index is 0.00000226. The van der Waals surface area contributed by atoms with Gasteiger partial charge in [0.15, 0.2) is 0 Å². The maximum atomic E-state index is 12.8. The smallest absolute Gasteiger partial charge is 0.337 e. The van der Waals surface area contributed by atoms with Crippen LogP contribution >= 0.6 is 0 Å². The number of nitrogens with one attached hydrogen (secondary N) is 2. The number of rotatable bonds is 9. The fraction of sp³-hybridized carbons (Fsp3) is 0.103. The van der Waals surface area contributed by atoms with E-state index in [-0.39, 0.29) is 38.9 Å². The van der Waals surface area contributed by atoms with Crippen LogP contribution in [0.2, 0.25) is 0 Å². The summed E-state index contributed by atoms with van der Waals surface area (Å²) in [6.45, 7) is 5.66. The van der Waals surface area contributed by atoms with Gasteiger partial charge in [-0.15, -0.1) is 0 Å². The molecule has 0 aliphatic carbocycles. The third kappa shape index (κ3) is 7.71. The van der Waals surface area contributed by atoms with Gasteiger partial charge in [0.25, 0.3) is 20.0 Å². The first-order valence-corrected chi connectivity index (χ1v) is 15.0. The number of phenols is 1. The van der Waals surface area contributed by atoms with Crippen molar-refractivity contribution in [2.45, 2.75) is 30.1 Å². The summed E-state index contributed by atoms with van der Waals surface area (Å²) in [4.78, 5) is 20.0. The van der Waals surface area contributed by atoms with Crippen LogP contribution in [0.15, 0.2) is 94.7 Å². The minimum atomic E-state index is -4.01. The van der Waals surface area contributed by atoms with E-state index in [4.69, 9.17) is 4.79 Å². The van der Waals surface area contributed by atoms with Crippen LogP contribution in [0, 0.1) is 13.8 Å². The molecule has 0 fully saturated rings. The maximum Gasteiger partial charge on any atom is 0.337 e. The highest BCUT2D eigenvalue weighted by atomic mass is 32.2. The average molecular weight is 597 g/mol. The molecule has 0 aliphatic heterocycles. The molecule has 0 atom stereocenters. The van der Waals surface area contributed by atoms with Gasteiger partial charge in [0.2, 0.25) is 0 Å². The van der Waals surface area contributed by atoms with E-state index in [2.05, 4.69) is 9.44 Å². The predicted octanol–water partition coefficient (Wildman–Crippen LogP) is 4.71. The van der Waals surface area contributed by atoms with Gasteiger partial charge in [0, 0.05) is 0 Å². The van der Waals surface area contributed by atoms with Gasteiger partial charge in [-0.1, -0.05) is 47.5 Å². The second-order valence-electron chi connectivity index (χ2n) is 9.05. The monoisotopic (exact) mass is 596 g/mol. The van der Waals surface area contributed by atoms with Crippen LogP contribution < -0.4 is 9.44 Å². The number of carbonyl (C=O) groups is 2. The summed E-state index contributed by atoms with van der Waals surface area (Å²) in [5, 5.41) is 20.2. The number of phenolic OH excluding ortho intramolecular Hbond substituents is 1. The Hall–Kier alpha value is -4.68. The molecule has 0 saturated carbocycles. The summed E-state index contributed by atoms with van der Waals surface area (Å²) >= 11 is 0. The van der Waals surface area contributed by atoms with Crippen LogP contribution in [0.1, 0.15) is 32.6 Å². The molecule has 0 heterocycles. The van der Waals surface area contributed by atoms with Crippen molar-refractivity contribution in [2.24, 2.45) is 0 Å². The highest BCUT2D eigenvalue weighted by Crippen LogP contribution is 2.29. The average Bonchev–Trinajstić information content (AvgIpc) is 2.92. The molecule has 0 unspecified atom stereocenters. The zero-order valence-electron chi connectivity index (χ0n) is 22.2. The molecule has 4 rings (SSSR count). The number of hydrogen-bond acceptors (Lipinski definition) is 7. The zero-order chi connectivity index (χ0) is 30.4. The van der Waals surface area contributed by atoms with Gasteiger partial charge in [-0.05, 0) is 79.9 Å². The van der Waals surface area contributed by atoms with Gasteiger partial charge >= 0.3 is 5.97 Å².